The van der Waals surface area contributed by atoms with Crippen LogP contribution in [0.3, 0.4) is 0 Å². The Morgan fingerprint density at radius 2 is 1.82 bits per heavy atom. The van der Waals surface area contributed by atoms with Crippen LogP contribution >= 0.6 is 0 Å². The third-order valence-corrected chi connectivity index (χ3v) is 5.25. The summed E-state index contributed by atoms with van der Waals surface area (Å²) in [6, 6.07) is 14.8. The molecule has 0 saturated heterocycles. The first-order valence-corrected chi connectivity index (χ1v) is 9.53. The number of furan rings is 1. The average Bonchev–Trinajstić information content (AvgIpc) is 3.50. The number of rotatable bonds is 4. The van der Waals surface area contributed by atoms with E-state index >= 15 is 0 Å². The summed E-state index contributed by atoms with van der Waals surface area (Å²) in [4.78, 5) is 24.7. The lowest BCUT2D eigenvalue weighted by molar-refractivity contribution is -0.117. The van der Waals surface area contributed by atoms with E-state index in [1.807, 2.05) is 42.5 Å². The number of para-hydroxylation sites is 1. The summed E-state index contributed by atoms with van der Waals surface area (Å²) >= 11 is 0. The van der Waals surface area contributed by atoms with Crippen LogP contribution in [0.2, 0.25) is 0 Å². The average molecular weight is 373 g/mol. The van der Waals surface area contributed by atoms with Gasteiger partial charge in [-0.1, -0.05) is 25.1 Å². The summed E-state index contributed by atoms with van der Waals surface area (Å²) in [5, 5.41) is 4.65. The summed E-state index contributed by atoms with van der Waals surface area (Å²) in [7, 11) is 0. The third-order valence-electron chi connectivity index (χ3n) is 5.25. The molecular formula is C23H19NO4. The Morgan fingerprint density at radius 1 is 1.04 bits per heavy atom. The maximum atomic E-state index is 12.5. The van der Waals surface area contributed by atoms with Gasteiger partial charge in [-0.15, -0.1) is 0 Å². The maximum absolute atomic E-state index is 12.5. The molecule has 2 heterocycles. The Morgan fingerprint density at radius 3 is 2.61 bits per heavy atom. The fraction of sp³-hybridized carbons (Fsp3) is 0.217. The molecule has 5 rings (SSSR count). The Hall–Kier alpha value is -3.34. The van der Waals surface area contributed by atoms with E-state index in [2.05, 4.69) is 12.2 Å². The van der Waals surface area contributed by atoms with Crippen LogP contribution in [0, 0.1) is 5.92 Å². The number of carbonyl (C=O) groups excluding carboxylic acids is 1. The van der Waals surface area contributed by atoms with Gasteiger partial charge in [0, 0.05) is 28.3 Å². The van der Waals surface area contributed by atoms with Gasteiger partial charge in [0.25, 0.3) is 0 Å². The van der Waals surface area contributed by atoms with Gasteiger partial charge in [-0.2, -0.15) is 0 Å². The zero-order valence-corrected chi connectivity index (χ0v) is 15.5. The fourth-order valence-corrected chi connectivity index (χ4v) is 3.55. The first kappa shape index (κ1) is 16.8. The molecule has 0 spiro atoms. The highest BCUT2D eigenvalue weighted by Gasteiger charge is 2.31. The van der Waals surface area contributed by atoms with E-state index in [0.717, 1.165) is 35.6 Å². The van der Waals surface area contributed by atoms with E-state index in [0.29, 0.717) is 28.2 Å². The van der Waals surface area contributed by atoms with Gasteiger partial charge in [-0.25, -0.2) is 4.79 Å². The maximum Gasteiger partial charge on any atom is 0.336 e. The molecule has 5 nitrogen and oxygen atoms in total. The van der Waals surface area contributed by atoms with Crippen LogP contribution in [0.4, 0.5) is 5.69 Å². The minimum absolute atomic E-state index is 0.00526. The van der Waals surface area contributed by atoms with Gasteiger partial charge in [-0.05, 0) is 49.1 Å². The van der Waals surface area contributed by atoms with Crippen molar-refractivity contribution in [1.29, 1.82) is 0 Å². The molecule has 1 amide bonds. The Labute approximate surface area is 161 Å². The number of nitrogens with one attached hydrogen (secondary N) is 1. The number of anilines is 1. The Bertz CT molecular complexity index is 1280. The number of benzene rings is 2. The highest BCUT2D eigenvalue weighted by atomic mass is 16.4. The van der Waals surface area contributed by atoms with Gasteiger partial charge in [0.05, 0.1) is 5.69 Å². The second-order valence-electron chi connectivity index (χ2n) is 7.23. The highest BCUT2D eigenvalue weighted by Crippen LogP contribution is 2.41. The second kappa shape index (κ2) is 6.37. The molecule has 1 aliphatic carbocycles. The lowest BCUT2D eigenvalue weighted by Gasteiger charge is -2.08. The van der Waals surface area contributed by atoms with Crippen LogP contribution in [0.25, 0.3) is 33.3 Å². The van der Waals surface area contributed by atoms with Gasteiger partial charge in [0.1, 0.15) is 11.2 Å². The van der Waals surface area contributed by atoms with Crippen molar-refractivity contribution >= 4 is 33.5 Å². The quantitative estimate of drug-likeness (QED) is 0.504. The molecule has 1 saturated carbocycles. The van der Waals surface area contributed by atoms with E-state index < -0.39 is 5.63 Å². The molecule has 2 aromatic heterocycles. The van der Waals surface area contributed by atoms with Gasteiger partial charge >= 0.3 is 5.63 Å². The molecule has 4 aromatic rings. The Kier molecular flexibility index (Phi) is 3.83. The lowest BCUT2D eigenvalue weighted by atomic mass is 10.0. The topological polar surface area (TPSA) is 72.5 Å². The molecule has 1 N–H and O–H groups in total. The highest BCUT2D eigenvalue weighted by molar-refractivity contribution is 6.09. The fourth-order valence-electron chi connectivity index (χ4n) is 3.55. The van der Waals surface area contributed by atoms with Crippen LogP contribution in [0.15, 0.2) is 62.2 Å². The number of carbonyl (C=O) groups is 1. The van der Waals surface area contributed by atoms with E-state index in [9.17, 15) is 9.59 Å². The first-order chi connectivity index (χ1) is 13.6. The van der Waals surface area contributed by atoms with Crippen LogP contribution in [0.5, 0.6) is 0 Å². The Balaban J connectivity index is 1.79. The normalized spacial score (nSPS) is 13.9. The third kappa shape index (κ3) is 2.80. The molecule has 0 unspecified atom stereocenters. The summed E-state index contributed by atoms with van der Waals surface area (Å²) in [5.41, 5.74) is 3.08. The van der Waals surface area contributed by atoms with E-state index in [1.165, 1.54) is 6.07 Å². The molecule has 1 aliphatic rings. The number of hydrogen-bond acceptors (Lipinski definition) is 4. The van der Waals surface area contributed by atoms with Crippen molar-refractivity contribution < 1.29 is 13.6 Å². The predicted molar refractivity (Wildman–Crippen MR) is 108 cm³/mol. The van der Waals surface area contributed by atoms with Gasteiger partial charge in [0.15, 0.2) is 5.76 Å². The van der Waals surface area contributed by atoms with Gasteiger partial charge < -0.3 is 14.2 Å². The van der Waals surface area contributed by atoms with Crippen molar-refractivity contribution in [3.05, 3.63) is 64.5 Å². The second-order valence-corrected chi connectivity index (χ2v) is 7.23. The molecule has 140 valence electrons. The molecule has 28 heavy (non-hydrogen) atoms. The molecular weight excluding hydrogens is 354 g/mol. The molecule has 0 bridgehead atoms. The van der Waals surface area contributed by atoms with Crippen LogP contribution in [-0.2, 0) is 11.2 Å². The smallest absolute Gasteiger partial charge is 0.336 e. The van der Waals surface area contributed by atoms with E-state index in [-0.39, 0.29) is 11.8 Å². The summed E-state index contributed by atoms with van der Waals surface area (Å²) in [6.45, 7) is 2.07. The molecule has 0 radical (unpaired) electrons. The van der Waals surface area contributed by atoms with Crippen molar-refractivity contribution in [2.75, 3.05) is 5.32 Å². The van der Waals surface area contributed by atoms with Crippen molar-refractivity contribution in [2.24, 2.45) is 5.92 Å². The molecule has 0 atom stereocenters. The number of fused-ring (bicyclic) bond motifs is 2. The molecule has 2 aromatic carbocycles. The summed E-state index contributed by atoms with van der Waals surface area (Å²) < 4.78 is 11.5. The zero-order chi connectivity index (χ0) is 19.3. The largest absolute Gasteiger partial charge is 0.454 e. The molecule has 1 fully saturated rings. The van der Waals surface area contributed by atoms with Crippen LogP contribution < -0.4 is 10.9 Å². The number of aryl methyl sites for hydroxylation is 1. The molecule has 0 aliphatic heterocycles. The first-order valence-electron chi connectivity index (χ1n) is 9.53. The SMILES string of the molecule is CCc1ccc2oc(=O)cc(-c3oc4ccccc4c3NC(=O)C3CC3)c2c1. The van der Waals surface area contributed by atoms with Crippen molar-refractivity contribution in [3.8, 4) is 11.3 Å². The zero-order valence-electron chi connectivity index (χ0n) is 15.5. The van der Waals surface area contributed by atoms with Crippen molar-refractivity contribution in [1.82, 2.24) is 0 Å². The van der Waals surface area contributed by atoms with Gasteiger partial charge in [0.2, 0.25) is 5.91 Å². The van der Waals surface area contributed by atoms with Crippen LogP contribution in [-0.4, -0.2) is 5.91 Å². The monoisotopic (exact) mass is 373 g/mol. The van der Waals surface area contributed by atoms with Crippen molar-refractivity contribution in [2.45, 2.75) is 26.2 Å². The number of hydrogen-bond donors (Lipinski definition) is 1. The van der Waals surface area contributed by atoms with E-state index in [1.54, 1.807) is 0 Å². The predicted octanol–water partition coefficient (Wildman–Crippen LogP) is 5.12. The lowest BCUT2D eigenvalue weighted by Crippen LogP contribution is -2.13. The standard InChI is InChI=1S/C23H19NO4/c1-2-13-7-10-19-16(11-13)17(12-20(25)27-19)22-21(24-23(26)14-8-9-14)15-5-3-4-6-18(15)28-22/h3-7,10-12,14H,2,8-9H2,1H3,(H,24,26). The van der Waals surface area contributed by atoms with Crippen LogP contribution in [0.1, 0.15) is 25.3 Å². The molecule has 5 heteroatoms. The van der Waals surface area contributed by atoms with Crippen molar-refractivity contribution in [3.63, 3.8) is 0 Å². The summed E-state index contributed by atoms with van der Waals surface area (Å²) in [6.07, 6.45) is 2.68. The number of amides is 1. The summed E-state index contributed by atoms with van der Waals surface area (Å²) in [5.74, 6) is 0.543. The van der Waals surface area contributed by atoms with E-state index in [4.69, 9.17) is 8.83 Å². The minimum atomic E-state index is -0.452. The van der Waals surface area contributed by atoms with Gasteiger partial charge in [-0.3, -0.25) is 4.79 Å². The minimum Gasteiger partial charge on any atom is -0.454 e.